The highest BCUT2D eigenvalue weighted by molar-refractivity contribution is 6.00. The van der Waals surface area contributed by atoms with Crippen LogP contribution in [-0.4, -0.2) is 19.6 Å². The van der Waals surface area contributed by atoms with Crippen molar-refractivity contribution in [3.05, 3.63) is 72.0 Å². The quantitative estimate of drug-likeness (QED) is 0.353. The third-order valence-electron chi connectivity index (χ3n) is 5.88. The van der Waals surface area contributed by atoms with Crippen molar-refractivity contribution in [3.63, 3.8) is 0 Å². The maximum absolute atomic E-state index is 12.5. The van der Waals surface area contributed by atoms with Crippen LogP contribution in [0.3, 0.4) is 0 Å². The smallest absolute Gasteiger partial charge is 0.244 e. The lowest BCUT2D eigenvalue weighted by Gasteiger charge is -2.13. The fraction of sp³-hybridized carbons (Fsp3) is 0.296. The molecule has 160 valence electrons. The molecule has 2 aromatic carbocycles. The molecule has 0 bridgehead atoms. The van der Waals surface area contributed by atoms with Crippen LogP contribution < -0.4 is 10.1 Å². The summed E-state index contributed by atoms with van der Waals surface area (Å²) >= 11 is 0. The zero-order valence-electron chi connectivity index (χ0n) is 18.2. The number of carbonyl (C=O) groups excluding carboxylic acids is 1. The summed E-state index contributed by atoms with van der Waals surface area (Å²) in [6.07, 6.45) is 11.6. The number of ether oxygens (including phenoxy) is 1. The summed E-state index contributed by atoms with van der Waals surface area (Å²) in [6, 6.07) is 14.1. The third kappa shape index (κ3) is 4.91. The minimum Gasteiger partial charge on any atom is -0.496 e. The van der Waals surface area contributed by atoms with Crippen molar-refractivity contribution in [1.29, 1.82) is 0 Å². The number of furan rings is 1. The largest absolute Gasteiger partial charge is 0.496 e. The molecule has 1 heterocycles. The van der Waals surface area contributed by atoms with Gasteiger partial charge in [0, 0.05) is 35.2 Å². The first kappa shape index (κ1) is 21.0. The molecule has 0 unspecified atom stereocenters. The van der Waals surface area contributed by atoms with Crippen molar-refractivity contribution in [2.75, 3.05) is 13.7 Å². The molecule has 1 aromatic heterocycles. The van der Waals surface area contributed by atoms with E-state index in [4.69, 9.17) is 9.15 Å². The van der Waals surface area contributed by atoms with Gasteiger partial charge in [-0.25, -0.2) is 0 Å². The van der Waals surface area contributed by atoms with Crippen molar-refractivity contribution in [2.24, 2.45) is 0 Å². The highest BCUT2D eigenvalue weighted by atomic mass is 16.5. The molecule has 0 saturated heterocycles. The van der Waals surface area contributed by atoms with Crippen LogP contribution in [0.5, 0.6) is 5.75 Å². The molecule has 0 aliphatic heterocycles. The van der Waals surface area contributed by atoms with Crippen molar-refractivity contribution >= 4 is 22.4 Å². The lowest BCUT2D eigenvalue weighted by atomic mass is 9.97. The Morgan fingerprint density at radius 1 is 1.19 bits per heavy atom. The third-order valence-corrected chi connectivity index (χ3v) is 5.88. The molecule has 1 N–H and O–H groups in total. The number of allylic oxidation sites excluding steroid dienone is 2. The number of fused-ring (bicyclic) bond motifs is 1. The van der Waals surface area contributed by atoms with Crippen LogP contribution >= 0.6 is 0 Å². The Bertz CT molecular complexity index is 1120. The van der Waals surface area contributed by atoms with Crippen LogP contribution in [0.25, 0.3) is 27.7 Å². The number of benzene rings is 2. The molecular formula is C27H29NO3. The van der Waals surface area contributed by atoms with Gasteiger partial charge in [-0.05, 0) is 56.2 Å². The zero-order valence-corrected chi connectivity index (χ0v) is 18.2. The summed E-state index contributed by atoms with van der Waals surface area (Å²) in [4.78, 5) is 12.5. The Morgan fingerprint density at radius 2 is 2.03 bits per heavy atom. The van der Waals surface area contributed by atoms with Crippen molar-refractivity contribution in [3.8, 4) is 16.9 Å². The van der Waals surface area contributed by atoms with Gasteiger partial charge in [-0.2, -0.15) is 0 Å². The normalized spacial score (nSPS) is 14.4. The number of carbonyl (C=O) groups is 1. The Labute approximate surface area is 183 Å². The first-order chi connectivity index (χ1) is 15.2. The summed E-state index contributed by atoms with van der Waals surface area (Å²) in [5, 5.41) is 4.02. The second-order valence-corrected chi connectivity index (χ2v) is 8.04. The van der Waals surface area contributed by atoms with E-state index >= 15 is 0 Å². The van der Waals surface area contributed by atoms with E-state index in [1.54, 1.807) is 19.4 Å². The standard InChI is InChI=1S/C27H29NO3/c1-19(15-27(29)28-14-13-20-9-5-3-6-10-20)22-16-23-24(21-11-7-4-8-12-21)18-31-26(23)17-25(22)30-2/h4,7-9,11-12,15-18H,3,5-6,10,13-14H2,1-2H3,(H,28,29)/b19-15+. The van der Waals surface area contributed by atoms with E-state index in [2.05, 4.69) is 23.5 Å². The second-order valence-electron chi connectivity index (χ2n) is 8.04. The van der Waals surface area contributed by atoms with E-state index in [0.717, 1.165) is 46.1 Å². The molecule has 1 aliphatic rings. The Kier molecular flexibility index (Phi) is 6.56. The van der Waals surface area contributed by atoms with Crippen LogP contribution in [0.15, 0.2) is 70.9 Å². The predicted molar refractivity (Wildman–Crippen MR) is 126 cm³/mol. The highest BCUT2D eigenvalue weighted by Gasteiger charge is 2.15. The molecule has 0 spiro atoms. The SMILES string of the molecule is COc1cc2occ(-c3ccccc3)c2cc1/C(C)=C/C(=O)NCCC1=CCCCC1. The van der Waals surface area contributed by atoms with Gasteiger partial charge >= 0.3 is 0 Å². The van der Waals surface area contributed by atoms with Gasteiger partial charge in [-0.15, -0.1) is 0 Å². The van der Waals surface area contributed by atoms with Crippen molar-refractivity contribution in [1.82, 2.24) is 5.32 Å². The minimum absolute atomic E-state index is 0.0773. The molecule has 0 radical (unpaired) electrons. The molecule has 3 aromatic rings. The lowest BCUT2D eigenvalue weighted by molar-refractivity contribution is -0.116. The molecule has 1 aliphatic carbocycles. The molecule has 4 nitrogen and oxygen atoms in total. The maximum Gasteiger partial charge on any atom is 0.244 e. The molecule has 0 saturated carbocycles. The van der Waals surface area contributed by atoms with Gasteiger partial charge in [0.25, 0.3) is 0 Å². The molecule has 4 rings (SSSR count). The van der Waals surface area contributed by atoms with E-state index in [0.29, 0.717) is 12.3 Å². The molecular weight excluding hydrogens is 386 g/mol. The van der Waals surface area contributed by atoms with Crippen LogP contribution in [0, 0.1) is 0 Å². The molecule has 1 amide bonds. The first-order valence-corrected chi connectivity index (χ1v) is 10.9. The summed E-state index contributed by atoms with van der Waals surface area (Å²) in [5.41, 5.74) is 6.09. The average Bonchev–Trinajstić information content (AvgIpc) is 3.22. The van der Waals surface area contributed by atoms with E-state index in [9.17, 15) is 4.79 Å². The van der Waals surface area contributed by atoms with E-state index in [1.165, 1.54) is 24.8 Å². The highest BCUT2D eigenvalue weighted by Crippen LogP contribution is 2.37. The number of hydrogen-bond donors (Lipinski definition) is 1. The van der Waals surface area contributed by atoms with E-state index in [1.807, 2.05) is 37.3 Å². The Balaban J connectivity index is 1.55. The second kappa shape index (κ2) is 9.69. The first-order valence-electron chi connectivity index (χ1n) is 10.9. The zero-order chi connectivity index (χ0) is 21.6. The minimum atomic E-state index is -0.0773. The van der Waals surface area contributed by atoms with Gasteiger partial charge in [0.05, 0.1) is 13.4 Å². The molecule has 0 fully saturated rings. The van der Waals surface area contributed by atoms with Gasteiger partial charge in [0.1, 0.15) is 11.3 Å². The van der Waals surface area contributed by atoms with Crippen LogP contribution in [0.4, 0.5) is 0 Å². The molecule has 31 heavy (non-hydrogen) atoms. The Hall–Kier alpha value is -3.27. The average molecular weight is 416 g/mol. The molecule has 4 heteroatoms. The summed E-state index contributed by atoms with van der Waals surface area (Å²) in [5.74, 6) is 0.613. The fourth-order valence-electron chi connectivity index (χ4n) is 4.18. The van der Waals surface area contributed by atoms with Crippen LogP contribution in [0.2, 0.25) is 0 Å². The Morgan fingerprint density at radius 3 is 2.77 bits per heavy atom. The topological polar surface area (TPSA) is 51.5 Å². The van der Waals surface area contributed by atoms with Gasteiger partial charge < -0.3 is 14.5 Å². The van der Waals surface area contributed by atoms with Gasteiger partial charge in [-0.3, -0.25) is 4.79 Å². The monoisotopic (exact) mass is 415 g/mol. The molecule has 0 atom stereocenters. The number of hydrogen-bond acceptors (Lipinski definition) is 3. The summed E-state index contributed by atoms with van der Waals surface area (Å²) in [6.45, 7) is 2.61. The van der Waals surface area contributed by atoms with Gasteiger partial charge in [-0.1, -0.05) is 42.0 Å². The number of methoxy groups -OCH3 is 1. The predicted octanol–water partition coefficient (Wildman–Crippen LogP) is 6.52. The van der Waals surface area contributed by atoms with Crippen LogP contribution in [0.1, 0.15) is 44.6 Å². The fourth-order valence-corrected chi connectivity index (χ4v) is 4.18. The van der Waals surface area contributed by atoms with Crippen molar-refractivity contribution < 1.29 is 13.9 Å². The van der Waals surface area contributed by atoms with Gasteiger partial charge in [0.2, 0.25) is 5.91 Å². The lowest BCUT2D eigenvalue weighted by Crippen LogP contribution is -2.23. The number of rotatable bonds is 7. The number of amides is 1. The van der Waals surface area contributed by atoms with E-state index in [-0.39, 0.29) is 5.91 Å². The van der Waals surface area contributed by atoms with Crippen LogP contribution in [-0.2, 0) is 4.79 Å². The van der Waals surface area contributed by atoms with Crippen molar-refractivity contribution in [2.45, 2.75) is 39.0 Å². The number of nitrogens with one attached hydrogen (secondary N) is 1. The van der Waals surface area contributed by atoms with Gasteiger partial charge in [0.15, 0.2) is 0 Å². The maximum atomic E-state index is 12.5. The summed E-state index contributed by atoms with van der Waals surface area (Å²) in [7, 11) is 1.64. The summed E-state index contributed by atoms with van der Waals surface area (Å²) < 4.78 is 11.4. The van der Waals surface area contributed by atoms with E-state index < -0.39 is 0 Å².